The van der Waals surface area contributed by atoms with Crippen molar-refractivity contribution in [1.82, 2.24) is 10.0 Å². The molecule has 0 saturated carbocycles. The van der Waals surface area contributed by atoms with Crippen molar-refractivity contribution in [2.75, 3.05) is 13.7 Å². The predicted octanol–water partition coefficient (Wildman–Crippen LogP) is 3.60. The van der Waals surface area contributed by atoms with Gasteiger partial charge in [-0.1, -0.05) is 40.2 Å². The molecule has 0 atom stereocenters. The Hall–Kier alpha value is -2.42. The number of rotatable bonds is 8. The number of nitrogens with one attached hydrogen (secondary N) is 2. The highest BCUT2D eigenvalue weighted by atomic mass is 79.9. The summed E-state index contributed by atoms with van der Waals surface area (Å²) >= 11 is 3.25. The zero-order valence-electron chi connectivity index (χ0n) is 15.8. The molecule has 0 radical (unpaired) electrons. The fraction of sp³-hybridized carbons (Fsp3) is 0.190. The monoisotopic (exact) mass is 476 g/mol. The molecule has 6 nitrogen and oxygen atoms in total. The molecule has 3 rings (SSSR count). The summed E-state index contributed by atoms with van der Waals surface area (Å²) in [5, 5.41) is 4.93. The molecule has 0 saturated heterocycles. The molecule has 0 aliphatic carbocycles. The molecule has 0 aliphatic rings. The van der Waals surface area contributed by atoms with Gasteiger partial charge < -0.3 is 10.1 Å². The number of carbonyl (C=O) groups excluding carboxylic acids is 1. The van der Waals surface area contributed by atoms with Crippen LogP contribution in [0.15, 0.2) is 70.0 Å². The zero-order chi connectivity index (χ0) is 20.9. The third-order valence-corrected chi connectivity index (χ3v) is 6.30. The van der Waals surface area contributed by atoms with Gasteiger partial charge in [0.1, 0.15) is 5.75 Å². The van der Waals surface area contributed by atoms with Crippen LogP contribution in [-0.2, 0) is 21.4 Å². The van der Waals surface area contributed by atoms with Gasteiger partial charge >= 0.3 is 0 Å². The third kappa shape index (κ3) is 5.79. The SMILES string of the molecule is COc1ccc2cc(CNC(=O)CCNS(=O)(=O)c3cccc(Br)c3)ccc2c1. The second-order valence-electron chi connectivity index (χ2n) is 6.43. The number of fused-ring (bicyclic) bond motifs is 1. The van der Waals surface area contributed by atoms with Crippen molar-refractivity contribution in [3.63, 3.8) is 0 Å². The van der Waals surface area contributed by atoms with Gasteiger partial charge in [-0.05, 0) is 52.7 Å². The van der Waals surface area contributed by atoms with Crippen LogP contribution in [0.4, 0.5) is 0 Å². The first-order chi connectivity index (χ1) is 13.9. The van der Waals surface area contributed by atoms with E-state index in [9.17, 15) is 13.2 Å². The number of halogens is 1. The predicted molar refractivity (Wildman–Crippen MR) is 116 cm³/mol. The third-order valence-electron chi connectivity index (χ3n) is 4.35. The van der Waals surface area contributed by atoms with Crippen molar-refractivity contribution in [1.29, 1.82) is 0 Å². The van der Waals surface area contributed by atoms with Crippen LogP contribution in [-0.4, -0.2) is 28.0 Å². The van der Waals surface area contributed by atoms with Gasteiger partial charge in [0.15, 0.2) is 0 Å². The second kappa shape index (κ2) is 9.39. The second-order valence-corrected chi connectivity index (χ2v) is 9.11. The van der Waals surface area contributed by atoms with E-state index in [2.05, 4.69) is 26.0 Å². The Balaban J connectivity index is 1.50. The van der Waals surface area contributed by atoms with Gasteiger partial charge in [0, 0.05) is 24.0 Å². The normalized spacial score (nSPS) is 11.4. The highest BCUT2D eigenvalue weighted by Crippen LogP contribution is 2.22. The Kier molecular flexibility index (Phi) is 6.89. The van der Waals surface area contributed by atoms with Crippen LogP contribution in [0, 0.1) is 0 Å². The lowest BCUT2D eigenvalue weighted by Crippen LogP contribution is -2.30. The Bertz CT molecular complexity index is 1130. The molecule has 0 unspecified atom stereocenters. The van der Waals surface area contributed by atoms with Crippen LogP contribution in [0.1, 0.15) is 12.0 Å². The van der Waals surface area contributed by atoms with Crippen LogP contribution < -0.4 is 14.8 Å². The van der Waals surface area contributed by atoms with Gasteiger partial charge in [0.25, 0.3) is 0 Å². The summed E-state index contributed by atoms with van der Waals surface area (Å²) in [4.78, 5) is 12.2. The van der Waals surface area contributed by atoms with E-state index >= 15 is 0 Å². The van der Waals surface area contributed by atoms with E-state index in [1.165, 1.54) is 12.1 Å². The van der Waals surface area contributed by atoms with Gasteiger partial charge in [-0.3, -0.25) is 4.79 Å². The van der Waals surface area contributed by atoms with Crippen molar-refractivity contribution >= 4 is 42.6 Å². The number of benzene rings is 3. The molecule has 29 heavy (non-hydrogen) atoms. The van der Waals surface area contributed by atoms with E-state index < -0.39 is 10.0 Å². The van der Waals surface area contributed by atoms with E-state index in [0.717, 1.165) is 22.1 Å². The average molecular weight is 477 g/mol. The van der Waals surface area contributed by atoms with Gasteiger partial charge in [0.2, 0.25) is 15.9 Å². The van der Waals surface area contributed by atoms with Crippen LogP contribution >= 0.6 is 15.9 Å². The lowest BCUT2D eigenvalue weighted by molar-refractivity contribution is -0.121. The summed E-state index contributed by atoms with van der Waals surface area (Å²) in [6.07, 6.45) is 0.0536. The van der Waals surface area contributed by atoms with E-state index in [1.54, 1.807) is 19.2 Å². The lowest BCUT2D eigenvalue weighted by Gasteiger charge is -2.09. The van der Waals surface area contributed by atoms with E-state index in [-0.39, 0.29) is 23.8 Å². The minimum absolute atomic E-state index is 0.0260. The largest absolute Gasteiger partial charge is 0.497 e. The van der Waals surface area contributed by atoms with E-state index in [4.69, 9.17) is 4.74 Å². The summed E-state index contributed by atoms with van der Waals surface area (Å²) in [6.45, 7) is 0.400. The molecule has 0 heterocycles. The molecule has 2 N–H and O–H groups in total. The summed E-state index contributed by atoms with van der Waals surface area (Å²) in [5.74, 6) is 0.570. The quantitative estimate of drug-likeness (QED) is 0.520. The molecule has 0 fully saturated rings. The Labute approximate surface area is 178 Å². The maximum absolute atomic E-state index is 12.2. The smallest absolute Gasteiger partial charge is 0.240 e. The van der Waals surface area contributed by atoms with Crippen molar-refractivity contribution < 1.29 is 17.9 Å². The van der Waals surface area contributed by atoms with Crippen molar-refractivity contribution in [2.45, 2.75) is 17.9 Å². The van der Waals surface area contributed by atoms with Gasteiger partial charge in [-0.15, -0.1) is 0 Å². The molecular weight excluding hydrogens is 456 g/mol. The number of hydrogen-bond donors (Lipinski definition) is 2. The van der Waals surface area contributed by atoms with Crippen LogP contribution in [0.2, 0.25) is 0 Å². The standard InChI is InChI=1S/C21H21BrN2O4S/c1-28-19-8-7-16-11-15(5-6-17(16)12-19)14-23-21(25)9-10-24-29(26,27)20-4-2-3-18(22)13-20/h2-8,11-13,24H,9-10,14H2,1H3,(H,23,25). The molecule has 0 spiro atoms. The minimum Gasteiger partial charge on any atom is -0.497 e. The number of methoxy groups -OCH3 is 1. The van der Waals surface area contributed by atoms with E-state index in [1.807, 2.05) is 36.4 Å². The molecule has 0 aliphatic heterocycles. The molecule has 0 bridgehead atoms. The maximum Gasteiger partial charge on any atom is 0.240 e. The number of ether oxygens (including phenoxy) is 1. The lowest BCUT2D eigenvalue weighted by atomic mass is 10.1. The first-order valence-corrected chi connectivity index (χ1v) is 11.2. The fourth-order valence-corrected chi connectivity index (χ4v) is 4.44. The summed E-state index contributed by atoms with van der Waals surface area (Å²) in [5.41, 5.74) is 0.964. The number of sulfonamides is 1. The Morgan fingerprint density at radius 1 is 1.03 bits per heavy atom. The van der Waals surface area contributed by atoms with Crippen molar-refractivity contribution in [3.8, 4) is 5.75 Å². The summed E-state index contributed by atoms with van der Waals surface area (Å²) in [7, 11) is -2.02. The highest BCUT2D eigenvalue weighted by Gasteiger charge is 2.14. The van der Waals surface area contributed by atoms with Gasteiger partial charge in [-0.2, -0.15) is 0 Å². The van der Waals surface area contributed by atoms with Crippen LogP contribution in [0.3, 0.4) is 0 Å². The molecule has 3 aromatic rings. The van der Waals surface area contributed by atoms with Crippen molar-refractivity contribution in [2.24, 2.45) is 0 Å². The van der Waals surface area contributed by atoms with Crippen LogP contribution in [0.25, 0.3) is 10.8 Å². The number of hydrogen-bond acceptors (Lipinski definition) is 4. The average Bonchev–Trinajstić information content (AvgIpc) is 2.71. The minimum atomic E-state index is -3.65. The van der Waals surface area contributed by atoms with Crippen LogP contribution in [0.5, 0.6) is 5.75 Å². The number of amides is 1. The first kappa shape index (κ1) is 21.3. The fourth-order valence-electron chi connectivity index (χ4n) is 2.82. The van der Waals surface area contributed by atoms with E-state index in [0.29, 0.717) is 11.0 Å². The zero-order valence-corrected chi connectivity index (χ0v) is 18.2. The molecule has 1 amide bonds. The summed E-state index contributed by atoms with van der Waals surface area (Å²) in [6, 6.07) is 18.1. The maximum atomic E-state index is 12.2. The molecule has 3 aromatic carbocycles. The molecule has 152 valence electrons. The van der Waals surface area contributed by atoms with Gasteiger partial charge in [0.05, 0.1) is 12.0 Å². The van der Waals surface area contributed by atoms with Crippen molar-refractivity contribution in [3.05, 3.63) is 70.7 Å². The molecule has 0 aromatic heterocycles. The Morgan fingerprint density at radius 2 is 1.79 bits per heavy atom. The van der Waals surface area contributed by atoms with Gasteiger partial charge in [-0.25, -0.2) is 13.1 Å². The highest BCUT2D eigenvalue weighted by molar-refractivity contribution is 9.10. The molecule has 8 heteroatoms. The Morgan fingerprint density at radius 3 is 2.55 bits per heavy atom. The molecular formula is C21H21BrN2O4S. The first-order valence-electron chi connectivity index (χ1n) is 8.96. The summed E-state index contributed by atoms with van der Waals surface area (Å²) < 4.78 is 32.8. The topological polar surface area (TPSA) is 84.5 Å². The number of carbonyl (C=O) groups is 1.